The van der Waals surface area contributed by atoms with Crippen molar-refractivity contribution in [2.24, 2.45) is 0 Å². The highest BCUT2D eigenvalue weighted by Gasteiger charge is 2.06. The molecule has 0 rings (SSSR count). The molecular weight excluding hydrogens is 316 g/mol. The molecule has 0 amide bonds. The van der Waals surface area contributed by atoms with E-state index in [1.807, 2.05) is 0 Å². The van der Waals surface area contributed by atoms with Gasteiger partial charge in [-0.05, 0) is 32.1 Å². The number of esters is 1. The standard InChI is InChI=1S/C21H40O4/c1-2-3-4-5-6-7-8-9-10-11-12-13-14-15-16-17-21(24)25-19-20(23)18-22/h12-13,20,22-23H,2-11,14-19H2,1H3/b13-12+/t20-/m0/s1. The summed E-state index contributed by atoms with van der Waals surface area (Å²) in [6, 6.07) is 0. The number of ether oxygens (including phenoxy) is 1. The van der Waals surface area contributed by atoms with E-state index in [2.05, 4.69) is 19.1 Å². The van der Waals surface area contributed by atoms with Crippen LogP contribution in [0.25, 0.3) is 0 Å². The monoisotopic (exact) mass is 356 g/mol. The van der Waals surface area contributed by atoms with Crippen LogP contribution in [0.4, 0.5) is 0 Å². The minimum atomic E-state index is -0.965. The van der Waals surface area contributed by atoms with Gasteiger partial charge >= 0.3 is 5.97 Å². The highest BCUT2D eigenvalue weighted by atomic mass is 16.5. The summed E-state index contributed by atoms with van der Waals surface area (Å²) >= 11 is 0. The number of hydrogen-bond donors (Lipinski definition) is 2. The summed E-state index contributed by atoms with van der Waals surface area (Å²) in [6.45, 7) is 1.76. The van der Waals surface area contributed by atoms with Crippen molar-refractivity contribution in [1.29, 1.82) is 0 Å². The van der Waals surface area contributed by atoms with Crippen molar-refractivity contribution in [3.05, 3.63) is 12.2 Å². The maximum atomic E-state index is 11.4. The van der Waals surface area contributed by atoms with Crippen LogP contribution in [0, 0.1) is 0 Å². The maximum Gasteiger partial charge on any atom is 0.305 e. The second-order valence-electron chi connectivity index (χ2n) is 6.85. The number of rotatable bonds is 18. The minimum Gasteiger partial charge on any atom is -0.463 e. The first-order valence-corrected chi connectivity index (χ1v) is 10.3. The van der Waals surface area contributed by atoms with Crippen molar-refractivity contribution in [2.75, 3.05) is 13.2 Å². The molecule has 0 unspecified atom stereocenters. The van der Waals surface area contributed by atoms with Crippen LogP contribution in [0.5, 0.6) is 0 Å². The fraction of sp³-hybridized carbons (Fsp3) is 0.857. The average Bonchev–Trinajstić information content (AvgIpc) is 2.62. The third-order valence-corrected chi connectivity index (χ3v) is 4.29. The van der Waals surface area contributed by atoms with Crippen molar-refractivity contribution < 1.29 is 19.7 Å². The normalized spacial score (nSPS) is 12.6. The van der Waals surface area contributed by atoms with Gasteiger partial charge in [0.15, 0.2) is 0 Å². The molecule has 0 aromatic carbocycles. The molecular formula is C21H40O4. The van der Waals surface area contributed by atoms with Gasteiger partial charge in [0.2, 0.25) is 0 Å². The molecule has 0 aromatic rings. The van der Waals surface area contributed by atoms with E-state index in [0.29, 0.717) is 6.42 Å². The summed E-state index contributed by atoms with van der Waals surface area (Å²) in [4.78, 5) is 11.4. The summed E-state index contributed by atoms with van der Waals surface area (Å²) in [5.74, 6) is -0.300. The highest BCUT2D eigenvalue weighted by Crippen LogP contribution is 2.11. The number of carbonyl (C=O) groups excluding carboxylic acids is 1. The van der Waals surface area contributed by atoms with Gasteiger partial charge < -0.3 is 14.9 Å². The van der Waals surface area contributed by atoms with E-state index in [-0.39, 0.29) is 19.2 Å². The predicted molar refractivity (Wildman–Crippen MR) is 104 cm³/mol. The maximum absolute atomic E-state index is 11.4. The first-order chi connectivity index (χ1) is 12.2. The van der Waals surface area contributed by atoms with Gasteiger partial charge in [0.1, 0.15) is 12.7 Å². The van der Waals surface area contributed by atoms with Gasteiger partial charge in [-0.3, -0.25) is 4.79 Å². The Morgan fingerprint density at radius 1 is 0.880 bits per heavy atom. The molecule has 4 nitrogen and oxygen atoms in total. The Balaban J connectivity index is 3.24. The van der Waals surface area contributed by atoms with Gasteiger partial charge in [0.05, 0.1) is 6.61 Å². The van der Waals surface area contributed by atoms with Crippen molar-refractivity contribution in [1.82, 2.24) is 0 Å². The lowest BCUT2D eigenvalue weighted by Crippen LogP contribution is -2.21. The molecule has 0 fully saturated rings. The molecule has 2 N–H and O–H groups in total. The predicted octanol–water partition coefficient (Wildman–Crippen LogP) is 4.92. The van der Waals surface area contributed by atoms with Crippen molar-refractivity contribution >= 4 is 5.97 Å². The molecule has 0 aliphatic carbocycles. The van der Waals surface area contributed by atoms with Gasteiger partial charge in [-0.15, -0.1) is 0 Å². The topological polar surface area (TPSA) is 66.8 Å². The SMILES string of the molecule is CCCCCCCCCCC/C=C/CCCCC(=O)OC[C@@H](O)CO. The lowest BCUT2D eigenvalue weighted by atomic mass is 10.1. The van der Waals surface area contributed by atoms with Gasteiger partial charge in [-0.2, -0.15) is 0 Å². The van der Waals surface area contributed by atoms with Crippen LogP contribution < -0.4 is 0 Å². The Bertz CT molecular complexity index is 315. The Hall–Kier alpha value is -0.870. The summed E-state index contributed by atoms with van der Waals surface area (Å²) in [5, 5.41) is 17.7. The number of aliphatic hydroxyl groups is 2. The molecule has 0 bridgehead atoms. The van der Waals surface area contributed by atoms with Crippen LogP contribution in [0.1, 0.15) is 96.8 Å². The first kappa shape index (κ1) is 24.1. The fourth-order valence-corrected chi connectivity index (χ4v) is 2.65. The zero-order valence-corrected chi connectivity index (χ0v) is 16.3. The lowest BCUT2D eigenvalue weighted by molar-refractivity contribution is -0.147. The molecule has 1 atom stereocenters. The van der Waals surface area contributed by atoms with Crippen molar-refractivity contribution in [3.8, 4) is 0 Å². The summed E-state index contributed by atoms with van der Waals surface area (Å²) in [7, 11) is 0. The second kappa shape index (κ2) is 19.5. The zero-order chi connectivity index (χ0) is 18.6. The van der Waals surface area contributed by atoms with Crippen LogP contribution in [0.3, 0.4) is 0 Å². The minimum absolute atomic E-state index is 0.117. The Kier molecular flexibility index (Phi) is 18.8. The lowest BCUT2D eigenvalue weighted by Gasteiger charge is -2.07. The zero-order valence-electron chi connectivity index (χ0n) is 16.3. The molecule has 0 spiro atoms. The van der Waals surface area contributed by atoms with E-state index in [1.165, 1.54) is 57.8 Å². The van der Waals surface area contributed by atoms with Crippen LogP contribution in [-0.4, -0.2) is 35.5 Å². The second-order valence-corrected chi connectivity index (χ2v) is 6.85. The molecule has 0 saturated carbocycles. The molecule has 0 radical (unpaired) electrons. The summed E-state index contributed by atoms with van der Waals surface area (Å²) in [6.07, 6.45) is 20.1. The Morgan fingerprint density at radius 2 is 1.40 bits per heavy atom. The number of aliphatic hydroxyl groups excluding tert-OH is 2. The molecule has 4 heteroatoms. The largest absolute Gasteiger partial charge is 0.463 e. The van der Waals surface area contributed by atoms with Crippen LogP contribution in [0.2, 0.25) is 0 Å². The van der Waals surface area contributed by atoms with E-state index in [4.69, 9.17) is 14.9 Å². The van der Waals surface area contributed by atoms with E-state index < -0.39 is 6.10 Å². The summed E-state index contributed by atoms with van der Waals surface area (Å²) in [5.41, 5.74) is 0. The number of allylic oxidation sites excluding steroid dienone is 2. The Morgan fingerprint density at radius 3 is 1.96 bits per heavy atom. The van der Waals surface area contributed by atoms with Crippen molar-refractivity contribution in [2.45, 2.75) is 103 Å². The average molecular weight is 357 g/mol. The van der Waals surface area contributed by atoms with Crippen LogP contribution in [0.15, 0.2) is 12.2 Å². The smallest absolute Gasteiger partial charge is 0.305 e. The molecule has 0 aliphatic heterocycles. The van der Waals surface area contributed by atoms with Gasteiger partial charge in [0.25, 0.3) is 0 Å². The third kappa shape index (κ3) is 19.3. The van der Waals surface area contributed by atoms with Gasteiger partial charge in [0, 0.05) is 6.42 Å². The fourth-order valence-electron chi connectivity index (χ4n) is 2.65. The van der Waals surface area contributed by atoms with Crippen molar-refractivity contribution in [3.63, 3.8) is 0 Å². The number of unbranched alkanes of at least 4 members (excludes halogenated alkanes) is 11. The van der Waals surface area contributed by atoms with Crippen LogP contribution >= 0.6 is 0 Å². The molecule has 0 heterocycles. The Labute approximate surface area is 154 Å². The molecule has 25 heavy (non-hydrogen) atoms. The van der Waals surface area contributed by atoms with E-state index in [1.54, 1.807) is 0 Å². The van der Waals surface area contributed by atoms with Crippen LogP contribution in [-0.2, 0) is 9.53 Å². The molecule has 0 aromatic heterocycles. The van der Waals surface area contributed by atoms with E-state index in [0.717, 1.165) is 25.7 Å². The molecule has 148 valence electrons. The third-order valence-electron chi connectivity index (χ3n) is 4.29. The van der Waals surface area contributed by atoms with E-state index in [9.17, 15) is 4.79 Å². The van der Waals surface area contributed by atoms with E-state index >= 15 is 0 Å². The van der Waals surface area contributed by atoms with Gasteiger partial charge in [-0.25, -0.2) is 0 Å². The molecule has 0 aliphatic rings. The first-order valence-electron chi connectivity index (χ1n) is 10.3. The molecule has 0 saturated heterocycles. The number of hydrogen-bond acceptors (Lipinski definition) is 4. The number of carbonyl (C=O) groups is 1. The summed E-state index contributed by atoms with van der Waals surface area (Å²) < 4.78 is 4.85. The highest BCUT2D eigenvalue weighted by molar-refractivity contribution is 5.69. The quantitative estimate of drug-likeness (QED) is 0.208. The van der Waals surface area contributed by atoms with Gasteiger partial charge in [-0.1, -0.05) is 70.4 Å².